The summed E-state index contributed by atoms with van der Waals surface area (Å²) >= 11 is 0. The van der Waals surface area contributed by atoms with E-state index in [1.165, 1.54) is 21.3 Å². The minimum absolute atomic E-state index is 0.0841. The molecule has 29 heavy (non-hydrogen) atoms. The van der Waals surface area contributed by atoms with Crippen LogP contribution in [-0.4, -0.2) is 44.9 Å². The number of piperidine rings is 1. The van der Waals surface area contributed by atoms with Crippen molar-refractivity contribution in [3.05, 3.63) is 54.6 Å². The van der Waals surface area contributed by atoms with E-state index in [1.807, 2.05) is 12.1 Å². The van der Waals surface area contributed by atoms with Gasteiger partial charge in [-0.25, -0.2) is 8.42 Å². The zero-order chi connectivity index (χ0) is 20.7. The third-order valence-electron chi connectivity index (χ3n) is 4.74. The zero-order valence-corrected chi connectivity index (χ0v) is 16.8. The number of ether oxygens (including phenoxy) is 1. The van der Waals surface area contributed by atoms with Gasteiger partial charge in [-0.3, -0.25) is 9.69 Å². The summed E-state index contributed by atoms with van der Waals surface area (Å²) in [7, 11) is -3.50. The van der Waals surface area contributed by atoms with Gasteiger partial charge >= 0.3 is 0 Å². The minimum Gasteiger partial charge on any atom is -0.484 e. The van der Waals surface area contributed by atoms with Gasteiger partial charge in [0.25, 0.3) is 5.91 Å². The molecule has 1 heterocycles. The van der Waals surface area contributed by atoms with E-state index in [0.717, 1.165) is 19.3 Å². The highest BCUT2D eigenvalue weighted by atomic mass is 32.2. The molecule has 1 fully saturated rings. The van der Waals surface area contributed by atoms with Gasteiger partial charge in [-0.2, -0.15) is 9.57 Å². The number of carbonyl (C=O) groups excluding carboxylic acids is 1. The SMILES string of the molecule is N#CCN(C(=O)COc1ccc(S(=O)(=O)N2CCCCC2)cc1)c1ccccc1. The number of nitrogens with zero attached hydrogens (tertiary/aromatic N) is 3. The maximum atomic E-state index is 12.7. The van der Waals surface area contributed by atoms with Crippen molar-refractivity contribution in [1.82, 2.24) is 4.31 Å². The number of anilines is 1. The average molecular weight is 413 g/mol. The smallest absolute Gasteiger partial charge is 0.265 e. The summed E-state index contributed by atoms with van der Waals surface area (Å²) in [6.07, 6.45) is 2.81. The Balaban J connectivity index is 1.63. The molecule has 0 bridgehead atoms. The van der Waals surface area contributed by atoms with Gasteiger partial charge in [0.2, 0.25) is 10.0 Å². The Labute approximate surface area is 171 Å². The largest absolute Gasteiger partial charge is 0.484 e. The van der Waals surface area contributed by atoms with Crippen LogP contribution in [0, 0.1) is 11.3 Å². The van der Waals surface area contributed by atoms with Gasteiger partial charge in [0.15, 0.2) is 6.61 Å². The Morgan fingerprint density at radius 2 is 1.69 bits per heavy atom. The Bertz CT molecular complexity index is 963. The third kappa shape index (κ3) is 5.13. The van der Waals surface area contributed by atoms with E-state index >= 15 is 0 Å². The minimum atomic E-state index is -3.50. The van der Waals surface area contributed by atoms with Crippen molar-refractivity contribution in [2.75, 3.05) is 31.1 Å². The third-order valence-corrected chi connectivity index (χ3v) is 6.65. The summed E-state index contributed by atoms with van der Waals surface area (Å²) < 4.78 is 32.4. The van der Waals surface area contributed by atoms with Crippen LogP contribution in [0.25, 0.3) is 0 Å². The average Bonchev–Trinajstić information content (AvgIpc) is 2.77. The summed E-state index contributed by atoms with van der Waals surface area (Å²) in [5, 5.41) is 9.00. The second-order valence-electron chi connectivity index (χ2n) is 6.70. The number of rotatable bonds is 7. The number of amides is 1. The van der Waals surface area contributed by atoms with Gasteiger partial charge in [-0.05, 0) is 49.2 Å². The van der Waals surface area contributed by atoms with E-state index in [1.54, 1.807) is 36.4 Å². The molecule has 1 aliphatic heterocycles. The highest BCUT2D eigenvalue weighted by Crippen LogP contribution is 2.23. The van der Waals surface area contributed by atoms with Crippen molar-refractivity contribution in [3.8, 4) is 11.8 Å². The molecule has 1 amide bonds. The quantitative estimate of drug-likeness (QED) is 0.651. The van der Waals surface area contributed by atoms with Gasteiger partial charge in [-0.1, -0.05) is 24.6 Å². The van der Waals surface area contributed by atoms with Crippen molar-refractivity contribution in [2.24, 2.45) is 0 Å². The Morgan fingerprint density at radius 3 is 2.31 bits per heavy atom. The molecule has 2 aromatic rings. The molecule has 8 heteroatoms. The van der Waals surface area contributed by atoms with Crippen LogP contribution in [0.3, 0.4) is 0 Å². The second kappa shape index (κ2) is 9.54. The van der Waals surface area contributed by atoms with Crippen molar-refractivity contribution in [3.63, 3.8) is 0 Å². The van der Waals surface area contributed by atoms with E-state index in [9.17, 15) is 13.2 Å². The molecular formula is C21H23N3O4S. The molecule has 0 atom stereocenters. The first-order chi connectivity index (χ1) is 14.0. The molecule has 0 N–H and O–H groups in total. The van der Waals surface area contributed by atoms with E-state index < -0.39 is 10.0 Å². The lowest BCUT2D eigenvalue weighted by Crippen LogP contribution is -2.35. The molecule has 7 nitrogen and oxygen atoms in total. The molecule has 2 aromatic carbocycles. The number of hydrogen-bond acceptors (Lipinski definition) is 5. The standard InChI is InChI=1S/C21H23N3O4S/c22-13-16-24(18-7-3-1-4-8-18)21(25)17-28-19-9-11-20(12-10-19)29(26,27)23-14-5-2-6-15-23/h1,3-4,7-12H,2,5-6,14-17H2. The van der Waals surface area contributed by atoms with Gasteiger partial charge in [0, 0.05) is 18.8 Å². The molecule has 0 saturated carbocycles. The molecule has 0 spiro atoms. The predicted molar refractivity (Wildman–Crippen MR) is 109 cm³/mol. The molecule has 0 unspecified atom stereocenters. The first kappa shape index (κ1) is 20.8. The van der Waals surface area contributed by atoms with Gasteiger partial charge in [0.1, 0.15) is 12.3 Å². The van der Waals surface area contributed by atoms with Crippen LogP contribution in [-0.2, 0) is 14.8 Å². The van der Waals surface area contributed by atoms with E-state index in [4.69, 9.17) is 10.00 Å². The van der Waals surface area contributed by atoms with Crippen LogP contribution in [0.1, 0.15) is 19.3 Å². The fourth-order valence-corrected chi connectivity index (χ4v) is 4.70. The number of carbonyl (C=O) groups is 1. The lowest BCUT2D eigenvalue weighted by molar-refractivity contribution is -0.120. The topological polar surface area (TPSA) is 90.7 Å². The lowest BCUT2D eigenvalue weighted by Gasteiger charge is -2.25. The van der Waals surface area contributed by atoms with E-state index in [-0.39, 0.29) is 24.0 Å². The first-order valence-electron chi connectivity index (χ1n) is 9.48. The number of hydrogen-bond donors (Lipinski definition) is 0. The highest BCUT2D eigenvalue weighted by molar-refractivity contribution is 7.89. The van der Waals surface area contributed by atoms with Crippen molar-refractivity contribution < 1.29 is 17.9 Å². The molecular weight excluding hydrogens is 390 g/mol. The Morgan fingerprint density at radius 1 is 1.03 bits per heavy atom. The summed E-state index contributed by atoms with van der Waals surface area (Å²) in [5.41, 5.74) is 0.616. The normalized spacial score (nSPS) is 14.7. The molecule has 1 aliphatic rings. The molecule has 3 rings (SSSR count). The van der Waals surface area contributed by atoms with Gasteiger partial charge in [0.05, 0.1) is 11.0 Å². The highest BCUT2D eigenvalue weighted by Gasteiger charge is 2.25. The predicted octanol–water partition coefficient (Wildman–Crippen LogP) is 2.80. The zero-order valence-electron chi connectivity index (χ0n) is 16.0. The Hall–Kier alpha value is -2.89. The maximum absolute atomic E-state index is 12.7. The Kier molecular flexibility index (Phi) is 6.86. The molecule has 1 saturated heterocycles. The van der Waals surface area contributed by atoms with Crippen LogP contribution >= 0.6 is 0 Å². The molecule has 152 valence electrons. The van der Waals surface area contributed by atoms with E-state index in [0.29, 0.717) is 24.5 Å². The van der Waals surface area contributed by atoms with Crippen LogP contribution in [0.5, 0.6) is 5.75 Å². The van der Waals surface area contributed by atoms with Crippen LogP contribution in [0.2, 0.25) is 0 Å². The monoisotopic (exact) mass is 413 g/mol. The van der Waals surface area contributed by atoms with Crippen LogP contribution in [0.4, 0.5) is 5.69 Å². The van der Waals surface area contributed by atoms with Gasteiger partial charge < -0.3 is 4.74 Å². The summed E-state index contributed by atoms with van der Waals surface area (Å²) in [6.45, 7) is 0.751. The van der Waals surface area contributed by atoms with Gasteiger partial charge in [-0.15, -0.1) is 0 Å². The van der Waals surface area contributed by atoms with Crippen molar-refractivity contribution in [1.29, 1.82) is 5.26 Å². The number of sulfonamides is 1. The van der Waals surface area contributed by atoms with Crippen LogP contribution < -0.4 is 9.64 Å². The summed E-state index contributed by atoms with van der Waals surface area (Å²) in [4.78, 5) is 14.0. The number of para-hydroxylation sites is 1. The molecule has 0 aliphatic carbocycles. The molecule has 0 aromatic heterocycles. The fraction of sp³-hybridized carbons (Fsp3) is 0.333. The van der Waals surface area contributed by atoms with Crippen molar-refractivity contribution >= 4 is 21.6 Å². The summed E-state index contributed by atoms with van der Waals surface area (Å²) in [5.74, 6) is 0.0312. The maximum Gasteiger partial charge on any atom is 0.265 e. The number of benzene rings is 2. The van der Waals surface area contributed by atoms with E-state index in [2.05, 4.69) is 0 Å². The molecule has 0 radical (unpaired) electrons. The second-order valence-corrected chi connectivity index (χ2v) is 8.64. The van der Waals surface area contributed by atoms with Crippen LogP contribution in [0.15, 0.2) is 59.5 Å². The summed E-state index contributed by atoms with van der Waals surface area (Å²) in [6, 6.07) is 16.9. The van der Waals surface area contributed by atoms with Crippen molar-refractivity contribution in [2.45, 2.75) is 24.2 Å². The first-order valence-corrected chi connectivity index (χ1v) is 10.9. The fourth-order valence-electron chi connectivity index (χ4n) is 3.19. The number of nitriles is 1. The lowest BCUT2D eigenvalue weighted by atomic mass is 10.2.